The van der Waals surface area contributed by atoms with Crippen molar-refractivity contribution in [1.29, 1.82) is 0 Å². The molecule has 0 aliphatic rings. The quantitative estimate of drug-likeness (QED) is 0.579. The van der Waals surface area contributed by atoms with Gasteiger partial charge < -0.3 is 10.1 Å². The molecule has 1 N–H and O–H groups in total. The number of carbonyl (C=O) groups is 1. The van der Waals surface area contributed by atoms with Gasteiger partial charge in [-0.05, 0) is 49.1 Å². The molecule has 0 aromatic heterocycles. The van der Waals surface area contributed by atoms with Crippen LogP contribution in [0.25, 0.3) is 0 Å². The Morgan fingerprint density at radius 3 is 2.44 bits per heavy atom. The molecular formula is C24H25NO2. The van der Waals surface area contributed by atoms with Crippen LogP contribution in [0.4, 0.5) is 0 Å². The van der Waals surface area contributed by atoms with Gasteiger partial charge in [-0.15, -0.1) is 0 Å². The molecule has 0 unspecified atom stereocenters. The highest BCUT2D eigenvalue weighted by molar-refractivity contribution is 5.94. The van der Waals surface area contributed by atoms with Gasteiger partial charge in [-0.3, -0.25) is 4.79 Å². The molecule has 0 heterocycles. The third kappa shape index (κ3) is 6.00. The van der Waals surface area contributed by atoms with E-state index in [1.807, 2.05) is 48.5 Å². The molecule has 3 aromatic carbocycles. The number of aryl methyl sites for hydroxylation is 2. The largest absolute Gasteiger partial charge is 0.489 e. The molecule has 3 nitrogen and oxygen atoms in total. The van der Waals surface area contributed by atoms with Gasteiger partial charge in [-0.2, -0.15) is 0 Å². The van der Waals surface area contributed by atoms with Crippen LogP contribution in [-0.4, -0.2) is 12.5 Å². The zero-order valence-electron chi connectivity index (χ0n) is 15.7. The predicted molar refractivity (Wildman–Crippen MR) is 109 cm³/mol. The van der Waals surface area contributed by atoms with E-state index in [2.05, 4.69) is 36.5 Å². The van der Waals surface area contributed by atoms with E-state index in [4.69, 9.17) is 4.74 Å². The molecule has 3 heteroatoms. The monoisotopic (exact) mass is 359 g/mol. The van der Waals surface area contributed by atoms with Crippen molar-refractivity contribution in [3.05, 3.63) is 101 Å². The minimum absolute atomic E-state index is 0.0657. The fourth-order valence-corrected chi connectivity index (χ4v) is 2.82. The number of ether oxygens (including phenoxy) is 1. The Balaban J connectivity index is 1.46. The molecule has 0 saturated heterocycles. The first-order valence-electron chi connectivity index (χ1n) is 9.31. The normalized spacial score (nSPS) is 10.4. The van der Waals surface area contributed by atoms with Gasteiger partial charge in [0, 0.05) is 12.1 Å². The third-order valence-electron chi connectivity index (χ3n) is 4.39. The molecular weight excluding hydrogens is 334 g/mol. The van der Waals surface area contributed by atoms with Crippen LogP contribution in [-0.2, 0) is 13.0 Å². The van der Waals surface area contributed by atoms with Gasteiger partial charge in [0.25, 0.3) is 5.91 Å². The first-order chi connectivity index (χ1) is 13.2. The van der Waals surface area contributed by atoms with Crippen molar-refractivity contribution < 1.29 is 9.53 Å². The summed E-state index contributed by atoms with van der Waals surface area (Å²) in [7, 11) is 0. The van der Waals surface area contributed by atoms with Crippen molar-refractivity contribution in [3.63, 3.8) is 0 Å². The molecule has 138 valence electrons. The lowest BCUT2D eigenvalue weighted by Gasteiger charge is -2.09. The Labute approximate surface area is 161 Å². The fourth-order valence-electron chi connectivity index (χ4n) is 2.82. The summed E-state index contributed by atoms with van der Waals surface area (Å²) in [4.78, 5) is 12.4. The van der Waals surface area contributed by atoms with E-state index in [-0.39, 0.29) is 5.91 Å². The second-order valence-corrected chi connectivity index (χ2v) is 6.65. The van der Waals surface area contributed by atoms with E-state index in [0.717, 1.165) is 18.4 Å². The van der Waals surface area contributed by atoms with Crippen LogP contribution in [0, 0.1) is 6.92 Å². The van der Waals surface area contributed by atoms with Crippen LogP contribution in [0.5, 0.6) is 5.75 Å². The van der Waals surface area contributed by atoms with E-state index >= 15 is 0 Å². The number of benzene rings is 3. The fraction of sp³-hybridized carbons (Fsp3) is 0.208. The molecule has 0 saturated carbocycles. The molecule has 0 radical (unpaired) electrons. The smallest absolute Gasteiger partial charge is 0.251 e. The van der Waals surface area contributed by atoms with Crippen molar-refractivity contribution in [3.8, 4) is 5.75 Å². The number of hydrogen-bond acceptors (Lipinski definition) is 2. The summed E-state index contributed by atoms with van der Waals surface area (Å²) in [5, 5.41) is 2.99. The average Bonchev–Trinajstić information content (AvgIpc) is 2.72. The number of hydrogen-bond donors (Lipinski definition) is 1. The Bertz CT molecular complexity index is 857. The van der Waals surface area contributed by atoms with Crippen molar-refractivity contribution >= 4 is 5.91 Å². The van der Waals surface area contributed by atoms with Gasteiger partial charge in [0.05, 0.1) is 0 Å². The molecule has 3 rings (SSSR count). The van der Waals surface area contributed by atoms with Crippen molar-refractivity contribution in [2.45, 2.75) is 26.4 Å². The average molecular weight is 359 g/mol. The topological polar surface area (TPSA) is 38.3 Å². The summed E-state index contributed by atoms with van der Waals surface area (Å²) in [5.74, 6) is 0.634. The number of carbonyl (C=O) groups excluding carboxylic acids is 1. The SMILES string of the molecule is Cc1ccc(CCCNC(=O)c2cccc(OCc3ccccc3)c2)cc1. The molecule has 0 fully saturated rings. The third-order valence-corrected chi connectivity index (χ3v) is 4.39. The predicted octanol–water partition coefficient (Wildman–Crippen LogP) is 4.94. The summed E-state index contributed by atoms with van der Waals surface area (Å²) in [5.41, 5.74) is 4.28. The molecule has 3 aromatic rings. The van der Waals surface area contributed by atoms with Gasteiger partial charge >= 0.3 is 0 Å². The maximum Gasteiger partial charge on any atom is 0.251 e. The van der Waals surface area contributed by atoms with Gasteiger partial charge in [0.1, 0.15) is 12.4 Å². The lowest BCUT2D eigenvalue weighted by atomic mass is 10.1. The first kappa shape index (κ1) is 18.7. The second kappa shape index (κ2) is 9.58. The number of nitrogens with one attached hydrogen (secondary N) is 1. The summed E-state index contributed by atoms with van der Waals surface area (Å²) >= 11 is 0. The Morgan fingerprint density at radius 1 is 0.889 bits per heavy atom. The molecule has 1 amide bonds. The zero-order chi connectivity index (χ0) is 18.9. The van der Waals surface area contributed by atoms with Gasteiger partial charge in [0.2, 0.25) is 0 Å². The zero-order valence-corrected chi connectivity index (χ0v) is 15.7. The molecule has 0 atom stereocenters. The second-order valence-electron chi connectivity index (χ2n) is 6.65. The number of rotatable bonds is 8. The highest BCUT2D eigenvalue weighted by Gasteiger charge is 2.06. The van der Waals surface area contributed by atoms with Crippen LogP contribution in [0.2, 0.25) is 0 Å². The van der Waals surface area contributed by atoms with Crippen molar-refractivity contribution in [2.75, 3.05) is 6.54 Å². The lowest BCUT2D eigenvalue weighted by molar-refractivity contribution is 0.0952. The lowest BCUT2D eigenvalue weighted by Crippen LogP contribution is -2.24. The molecule has 0 aliphatic heterocycles. The van der Waals surface area contributed by atoms with Crippen LogP contribution in [0.15, 0.2) is 78.9 Å². The summed E-state index contributed by atoms with van der Waals surface area (Å²) in [6.45, 7) is 3.23. The van der Waals surface area contributed by atoms with E-state index < -0.39 is 0 Å². The van der Waals surface area contributed by atoms with E-state index in [1.54, 1.807) is 6.07 Å². The van der Waals surface area contributed by atoms with Crippen LogP contribution < -0.4 is 10.1 Å². The summed E-state index contributed by atoms with van der Waals surface area (Å²) < 4.78 is 5.80. The van der Waals surface area contributed by atoms with Crippen molar-refractivity contribution in [2.24, 2.45) is 0 Å². The Morgan fingerprint density at radius 2 is 1.67 bits per heavy atom. The van der Waals surface area contributed by atoms with Crippen molar-refractivity contribution in [1.82, 2.24) is 5.32 Å². The van der Waals surface area contributed by atoms with Gasteiger partial charge in [-0.25, -0.2) is 0 Å². The first-order valence-corrected chi connectivity index (χ1v) is 9.31. The highest BCUT2D eigenvalue weighted by atomic mass is 16.5. The molecule has 0 spiro atoms. The summed E-state index contributed by atoms with van der Waals surface area (Å²) in [6.07, 6.45) is 1.87. The van der Waals surface area contributed by atoms with E-state index in [0.29, 0.717) is 24.5 Å². The Kier molecular flexibility index (Phi) is 6.64. The van der Waals surface area contributed by atoms with Crippen LogP contribution in [0.1, 0.15) is 33.5 Å². The van der Waals surface area contributed by atoms with Crippen LogP contribution >= 0.6 is 0 Å². The minimum atomic E-state index is -0.0657. The van der Waals surface area contributed by atoms with E-state index in [9.17, 15) is 4.79 Å². The van der Waals surface area contributed by atoms with Gasteiger partial charge in [0.15, 0.2) is 0 Å². The standard InChI is InChI=1S/C24H25NO2/c1-19-12-14-20(15-13-19)9-6-16-25-24(26)22-10-5-11-23(17-22)27-18-21-7-3-2-4-8-21/h2-5,7-8,10-15,17H,6,9,16,18H2,1H3,(H,25,26). The minimum Gasteiger partial charge on any atom is -0.489 e. The van der Waals surface area contributed by atoms with Gasteiger partial charge in [-0.1, -0.05) is 66.2 Å². The molecule has 0 bridgehead atoms. The maximum absolute atomic E-state index is 12.4. The molecule has 27 heavy (non-hydrogen) atoms. The van der Waals surface area contributed by atoms with Crippen LogP contribution in [0.3, 0.4) is 0 Å². The number of amides is 1. The summed E-state index contributed by atoms with van der Waals surface area (Å²) in [6, 6.07) is 25.8. The maximum atomic E-state index is 12.4. The molecule has 0 aliphatic carbocycles. The highest BCUT2D eigenvalue weighted by Crippen LogP contribution is 2.15. The van der Waals surface area contributed by atoms with E-state index in [1.165, 1.54) is 11.1 Å². The Hall–Kier alpha value is -3.07.